The molecular weight excluding hydrogens is 347 g/mol. The van der Waals surface area contributed by atoms with Crippen molar-refractivity contribution in [3.8, 4) is 0 Å². The van der Waals surface area contributed by atoms with E-state index in [-0.39, 0.29) is 17.0 Å². The van der Waals surface area contributed by atoms with Crippen LogP contribution in [0.3, 0.4) is 0 Å². The summed E-state index contributed by atoms with van der Waals surface area (Å²) in [6, 6.07) is 3.92. The number of urea groups is 1. The molecule has 1 aromatic heterocycles. The Kier molecular flexibility index (Phi) is 4.35. The van der Waals surface area contributed by atoms with Crippen molar-refractivity contribution < 1.29 is 13.9 Å². The van der Waals surface area contributed by atoms with Crippen molar-refractivity contribution in [1.82, 2.24) is 15.1 Å². The molecule has 6 nitrogen and oxygen atoms in total. The first-order valence-corrected chi connectivity index (χ1v) is 8.64. The standard InChI is InChI=1S/C17H18ClFN4O2/c18-13-7-11(1-2-14(13)19)20-17(24)23-5-3-10(8-23)16-12-9-25-6-4-15(12)21-22-16/h1-2,7,10H,3-6,8-9H2,(H,20,24)(H,21,22). The summed E-state index contributed by atoms with van der Waals surface area (Å²) in [6.45, 7) is 2.54. The Bertz CT molecular complexity index is 810. The number of amides is 2. The van der Waals surface area contributed by atoms with Crippen molar-refractivity contribution in [2.45, 2.75) is 25.4 Å². The van der Waals surface area contributed by atoms with Crippen LogP contribution < -0.4 is 5.32 Å². The van der Waals surface area contributed by atoms with Gasteiger partial charge in [-0.05, 0) is 24.6 Å². The molecule has 4 rings (SSSR count). The highest BCUT2D eigenvalue weighted by molar-refractivity contribution is 6.31. The van der Waals surface area contributed by atoms with E-state index < -0.39 is 5.82 Å². The number of carbonyl (C=O) groups excluding carboxylic acids is 1. The number of nitrogens with zero attached hydrogens (tertiary/aromatic N) is 2. The number of anilines is 1. The number of benzene rings is 1. The van der Waals surface area contributed by atoms with Gasteiger partial charge in [0.2, 0.25) is 0 Å². The van der Waals surface area contributed by atoms with Gasteiger partial charge in [0, 0.05) is 42.4 Å². The number of fused-ring (bicyclic) bond motifs is 1. The zero-order chi connectivity index (χ0) is 17.4. The van der Waals surface area contributed by atoms with Gasteiger partial charge in [-0.15, -0.1) is 0 Å². The van der Waals surface area contributed by atoms with E-state index in [4.69, 9.17) is 16.3 Å². The Labute approximate surface area is 149 Å². The zero-order valence-electron chi connectivity index (χ0n) is 13.5. The number of aromatic amines is 1. The Morgan fingerprint density at radius 1 is 1.48 bits per heavy atom. The highest BCUT2D eigenvalue weighted by Crippen LogP contribution is 2.31. The molecule has 1 saturated heterocycles. The van der Waals surface area contributed by atoms with Crippen LogP contribution in [0.4, 0.5) is 14.9 Å². The van der Waals surface area contributed by atoms with E-state index in [1.54, 1.807) is 4.90 Å². The summed E-state index contributed by atoms with van der Waals surface area (Å²) in [5.74, 6) is -0.310. The van der Waals surface area contributed by atoms with Gasteiger partial charge in [0.25, 0.3) is 0 Å². The third kappa shape index (κ3) is 3.21. The molecule has 1 atom stereocenters. The lowest BCUT2D eigenvalue weighted by atomic mass is 9.98. The molecule has 8 heteroatoms. The van der Waals surface area contributed by atoms with Crippen LogP contribution in [0.5, 0.6) is 0 Å². The van der Waals surface area contributed by atoms with Crippen molar-refractivity contribution in [1.29, 1.82) is 0 Å². The first kappa shape index (κ1) is 16.4. The summed E-state index contributed by atoms with van der Waals surface area (Å²) >= 11 is 5.75. The van der Waals surface area contributed by atoms with Crippen LogP contribution >= 0.6 is 11.6 Å². The average molecular weight is 365 g/mol. The normalized spacial score (nSPS) is 19.8. The van der Waals surface area contributed by atoms with Gasteiger partial charge in [-0.3, -0.25) is 5.10 Å². The van der Waals surface area contributed by atoms with Gasteiger partial charge >= 0.3 is 6.03 Å². The molecule has 2 amide bonds. The van der Waals surface area contributed by atoms with Gasteiger partial charge in [-0.1, -0.05) is 11.6 Å². The number of hydrogen-bond donors (Lipinski definition) is 2. The molecule has 3 heterocycles. The van der Waals surface area contributed by atoms with Gasteiger partial charge < -0.3 is 15.0 Å². The van der Waals surface area contributed by atoms with Crippen molar-refractivity contribution >= 4 is 23.3 Å². The van der Waals surface area contributed by atoms with Crippen LogP contribution in [-0.2, 0) is 17.8 Å². The molecule has 25 heavy (non-hydrogen) atoms. The molecule has 2 aliphatic heterocycles. The van der Waals surface area contributed by atoms with Gasteiger partial charge in [0.05, 0.1) is 23.9 Å². The second-order valence-electron chi connectivity index (χ2n) is 6.36. The zero-order valence-corrected chi connectivity index (χ0v) is 14.3. The van der Waals surface area contributed by atoms with Crippen molar-refractivity contribution in [2.24, 2.45) is 0 Å². The largest absolute Gasteiger partial charge is 0.376 e. The van der Waals surface area contributed by atoms with E-state index >= 15 is 0 Å². The minimum absolute atomic E-state index is 0.0137. The highest BCUT2D eigenvalue weighted by atomic mass is 35.5. The smallest absolute Gasteiger partial charge is 0.321 e. The number of likely N-dealkylation sites (tertiary alicyclic amines) is 1. The van der Waals surface area contributed by atoms with Crippen LogP contribution in [0, 0.1) is 5.82 Å². The van der Waals surface area contributed by atoms with E-state index in [0.29, 0.717) is 32.0 Å². The molecule has 1 fully saturated rings. The van der Waals surface area contributed by atoms with Crippen molar-refractivity contribution in [3.05, 3.63) is 46.0 Å². The second kappa shape index (κ2) is 6.65. The Morgan fingerprint density at radius 3 is 3.20 bits per heavy atom. The van der Waals surface area contributed by atoms with Gasteiger partial charge in [-0.2, -0.15) is 5.10 Å². The number of H-pyrrole nitrogens is 1. The molecule has 2 N–H and O–H groups in total. The molecular formula is C17H18ClFN4O2. The quantitative estimate of drug-likeness (QED) is 0.859. The molecule has 0 spiro atoms. The maximum atomic E-state index is 13.2. The van der Waals surface area contributed by atoms with Crippen LogP contribution in [0.25, 0.3) is 0 Å². The van der Waals surface area contributed by atoms with Crippen molar-refractivity contribution in [2.75, 3.05) is 25.0 Å². The van der Waals surface area contributed by atoms with E-state index in [1.807, 2.05) is 0 Å². The minimum atomic E-state index is -0.508. The Balaban J connectivity index is 1.42. The Morgan fingerprint density at radius 2 is 2.36 bits per heavy atom. The summed E-state index contributed by atoms with van der Waals surface area (Å²) in [5, 5.41) is 10.3. The molecule has 1 unspecified atom stereocenters. The summed E-state index contributed by atoms with van der Waals surface area (Å²) in [4.78, 5) is 14.2. The molecule has 0 bridgehead atoms. The molecule has 0 saturated carbocycles. The molecule has 1 aromatic carbocycles. The van der Waals surface area contributed by atoms with Crippen LogP contribution in [0.2, 0.25) is 5.02 Å². The summed E-state index contributed by atoms with van der Waals surface area (Å²) < 4.78 is 18.7. The predicted molar refractivity (Wildman–Crippen MR) is 91.3 cm³/mol. The average Bonchev–Trinajstić information content (AvgIpc) is 3.24. The molecule has 132 valence electrons. The first-order valence-electron chi connectivity index (χ1n) is 8.26. The van der Waals surface area contributed by atoms with Crippen LogP contribution in [-0.4, -0.2) is 40.8 Å². The van der Waals surface area contributed by atoms with Crippen molar-refractivity contribution in [3.63, 3.8) is 0 Å². The van der Waals surface area contributed by atoms with Gasteiger partial charge in [0.15, 0.2) is 0 Å². The number of rotatable bonds is 2. The second-order valence-corrected chi connectivity index (χ2v) is 6.77. The maximum Gasteiger partial charge on any atom is 0.321 e. The third-order valence-corrected chi connectivity index (χ3v) is 5.05. The predicted octanol–water partition coefficient (Wildman–Crippen LogP) is 3.30. The molecule has 2 aliphatic rings. The number of ether oxygens (including phenoxy) is 1. The lowest BCUT2D eigenvalue weighted by Gasteiger charge is -2.18. The molecule has 0 aliphatic carbocycles. The number of halogens is 2. The van der Waals surface area contributed by atoms with Crippen LogP contribution in [0.1, 0.15) is 29.3 Å². The lowest BCUT2D eigenvalue weighted by Crippen LogP contribution is -2.32. The van der Waals surface area contributed by atoms with E-state index in [1.165, 1.54) is 18.2 Å². The van der Waals surface area contributed by atoms with E-state index in [0.717, 1.165) is 29.8 Å². The fourth-order valence-corrected chi connectivity index (χ4v) is 3.60. The number of hydrogen-bond acceptors (Lipinski definition) is 3. The van der Waals surface area contributed by atoms with E-state index in [9.17, 15) is 9.18 Å². The summed E-state index contributed by atoms with van der Waals surface area (Å²) in [5.41, 5.74) is 3.77. The fraction of sp³-hybridized carbons (Fsp3) is 0.412. The first-order chi connectivity index (χ1) is 12.1. The van der Waals surface area contributed by atoms with Crippen LogP contribution in [0.15, 0.2) is 18.2 Å². The molecule has 2 aromatic rings. The fourth-order valence-electron chi connectivity index (χ4n) is 3.42. The highest BCUT2D eigenvalue weighted by Gasteiger charge is 2.32. The van der Waals surface area contributed by atoms with Gasteiger partial charge in [0.1, 0.15) is 5.82 Å². The SMILES string of the molecule is O=C(Nc1ccc(F)c(Cl)c1)N1CCC(c2n[nH]c3c2COCC3)C1. The minimum Gasteiger partial charge on any atom is -0.376 e. The van der Waals surface area contributed by atoms with Gasteiger partial charge in [-0.25, -0.2) is 9.18 Å². The van der Waals surface area contributed by atoms with E-state index in [2.05, 4.69) is 15.5 Å². The maximum absolute atomic E-state index is 13.2. The topological polar surface area (TPSA) is 70.2 Å². The lowest BCUT2D eigenvalue weighted by molar-refractivity contribution is 0.109. The summed E-state index contributed by atoms with van der Waals surface area (Å²) in [7, 11) is 0. The number of aromatic nitrogens is 2. The number of nitrogens with one attached hydrogen (secondary N) is 2. The number of carbonyl (C=O) groups is 1. The summed E-state index contributed by atoms with van der Waals surface area (Å²) in [6.07, 6.45) is 1.71. The third-order valence-electron chi connectivity index (χ3n) is 4.76. The molecule has 0 radical (unpaired) electrons. The monoisotopic (exact) mass is 364 g/mol. The Hall–Kier alpha value is -2.12.